The largest absolute Gasteiger partial charge is 0.329 e. The van der Waals surface area contributed by atoms with Crippen molar-refractivity contribution in [2.45, 2.75) is 6.92 Å². The maximum atomic E-state index is 5.92. The zero-order chi connectivity index (χ0) is 13.4. The van der Waals surface area contributed by atoms with Crippen LogP contribution in [0.15, 0.2) is 36.7 Å². The molecule has 0 bridgehead atoms. The number of hydrogen-bond donors (Lipinski definition) is 0. The first-order valence-electron chi connectivity index (χ1n) is 5.85. The lowest BCUT2D eigenvalue weighted by Crippen LogP contribution is -2.11. The summed E-state index contributed by atoms with van der Waals surface area (Å²) in [6, 6.07) is 9.85. The number of rotatable bonds is 2. The van der Waals surface area contributed by atoms with E-state index in [1.54, 1.807) is 17.7 Å². The van der Waals surface area contributed by atoms with E-state index in [1.807, 2.05) is 36.2 Å². The van der Waals surface area contributed by atoms with Crippen LogP contribution in [0.5, 0.6) is 0 Å². The first-order chi connectivity index (χ1) is 9.15. The highest BCUT2D eigenvalue weighted by atomic mass is 35.5. The molecule has 0 unspecified atom stereocenters. The minimum atomic E-state index is 0.733. The third-order valence-corrected chi connectivity index (χ3v) is 4.17. The number of halogens is 1. The van der Waals surface area contributed by atoms with Gasteiger partial charge in [-0.2, -0.15) is 0 Å². The van der Waals surface area contributed by atoms with Gasteiger partial charge >= 0.3 is 0 Å². The predicted molar refractivity (Wildman–Crippen MR) is 81.7 cm³/mol. The van der Waals surface area contributed by atoms with Crippen LogP contribution in [-0.2, 0) is 0 Å². The van der Waals surface area contributed by atoms with Crippen molar-refractivity contribution in [2.24, 2.45) is 0 Å². The third kappa shape index (κ3) is 2.29. The van der Waals surface area contributed by atoms with Crippen LogP contribution in [0.2, 0.25) is 5.02 Å². The molecule has 0 spiro atoms. The highest BCUT2D eigenvalue weighted by Gasteiger charge is 2.12. The summed E-state index contributed by atoms with van der Waals surface area (Å²) in [5.74, 6) is 0.914. The maximum absolute atomic E-state index is 5.92. The Kier molecular flexibility index (Phi) is 3.12. The van der Waals surface area contributed by atoms with Gasteiger partial charge in [-0.15, -0.1) is 11.3 Å². The van der Waals surface area contributed by atoms with Gasteiger partial charge in [-0.1, -0.05) is 11.6 Å². The van der Waals surface area contributed by atoms with Crippen molar-refractivity contribution < 1.29 is 0 Å². The molecular weight excluding hydrogens is 278 g/mol. The van der Waals surface area contributed by atoms with Gasteiger partial charge in [0.15, 0.2) is 0 Å². The number of fused-ring (bicyclic) bond motifs is 1. The van der Waals surface area contributed by atoms with Crippen LogP contribution in [0, 0.1) is 6.92 Å². The van der Waals surface area contributed by atoms with Gasteiger partial charge < -0.3 is 4.90 Å². The Morgan fingerprint density at radius 3 is 2.63 bits per heavy atom. The van der Waals surface area contributed by atoms with Crippen molar-refractivity contribution in [3.63, 3.8) is 0 Å². The molecule has 96 valence electrons. The summed E-state index contributed by atoms with van der Waals surface area (Å²) in [4.78, 5) is 13.0. The Hall–Kier alpha value is -1.65. The van der Waals surface area contributed by atoms with Gasteiger partial charge in [0.2, 0.25) is 0 Å². The molecule has 2 heterocycles. The van der Waals surface area contributed by atoms with E-state index in [2.05, 4.69) is 23.0 Å². The van der Waals surface area contributed by atoms with Crippen molar-refractivity contribution in [3.8, 4) is 0 Å². The van der Waals surface area contributed by atoms with Crippen LogP contribution in [-0.4, -0.2) is 17.0 Å². The van der Waals surface area contributed by atoms with Gasteiger partial charge in [0.05, 0.1) is 5.39 Å². The molecule has 3 rings (SSSR count). The third-order valence-electron chi connectivity index (χ3n) is 2.96. The zero-order valence-electron chi connectivity index (χ0n) is 10.6. The summed E-state index contributed by atoms with van der Waals surface area (Å²) in [5, 5.41) is 1.82. The van der Waals surface area contributed by atoms with Crippen molar-refractivity contribution in [1.29, 1.82) is 0 Å². The van der Waals surface area contributed by atoms with Crippen LogP contribution in [0.4, 0.5) is 11.5 Å². The molecular formula is C14H12ClN3S. The Balaban J connectivity index is 2.10. The maximum Gasteiger partial charge on any atom is 0.144 e. The predicted octanol–water partition coefficient (Wildman–Crippen LogP) is 4.42. The van der Waals surface area contributed by atoms with Crippen molar-refractivity contribution in [2.75, 3.05) is 11.9 Å². The molecule has 0 radical (unpaired) electrons. The van der Waals surface area contributed by atoms with E-state index in [1.165, 1.54) is 4.88 Å². The number of aromatic nitrogens is 2. The fourth-order valence-corrected chi connectivity index (χ4v) is 2.99. The minimum absolute atomic E-state index is 0.733. The van der Waals surface area contributed by atoms with E-state index in [9.17, 15) is 0 Å². The lowest BCUT2D eigenvalue weighted by Gasteiger charge is -2.18. The average molecular weight is 290 g/mol. The van der Waals surface area contributed by atoms with E-state index in [4.69, 9.17) is 11.6 Å². The van der Waals surface area contributed by atoms with E-state index in [-0.39, 0.29) is 0 Å². The van der Waals surface area contributed by atoms with Gasteiger partial charge in [0.1, 0.15) is 17.0 Å². The number of nitrogens with zero attached hydrogens (tertiary/aromatic N) is 3. The Labute approximate surface area is 120 Å². The second-order valence-corrected chi connectivity index (χ2v) is 5.98. The summed E-state index contributed by atoms with van der Waals surface area (Å²) in [7, 11) is 2.00. The number of aryl methyl sites for hydroxylation is 1. The van der Waals surface area contributed by atoms with Crippen molar-refractivity contribution in [3.05, 3.63) is 46.6 Å². The van der Waals surface area contributed by atoms with Crippen LogP contribution >= 0.6 is 22.9 Å². The highest BCUT2D eigenvalue weighted by Crippen LogP contribution is 2.32. The van der Waals surface area contributed by atoms with Gasteiger partial charge in [-0.25, -0.2) is 9.97 Å². The SMILES string of the molecule is Cc1cc2c(N(C)c3ccc(Cl)cc3)ncnc2s1. The molecule has 19 heavy (non-hydrogen) atoms. The fourth-order valence-electron chi connectivity index (χ4n) is 2.02. The topological polar surface area (TPSA) is 29.0 Å². The van der Waals surface area contributed by atoms with Crippen molar-refractivity contribution in [1.82, 2.24) is 9.97 Å². The first-order valence-corrected chi connectivity index (χ1v) is 7.05. The number of hydrogen-bond acceptors (Lipinski definition) is 4. The molecule has 0 saturated carbocycles. The highest BCUT2D eigenvalue weighted by molar-refractivity contribution is 7.18. The van der Waals surface area contributed by atoms with E-state index in [0.29, 0.717) is 0 Å². The summed E-state index contributed by atoms with van der Waals surface area (Å²) in [6.07, 6.45) is 1.61. The van der Waals surface area contributed by atoms with Crippen LogP contribution < -0.4 is 4.90 Å². The molecule has 0 aliphatic carbocycles. The zero-order valence-corrected chi connectivity index (χ0v) is 12.2. The average Bonchev–Trinajstić information content (AvgIpc) is 2.78. The number of benzene rings is 1. The molecule has 3 nitrogen and oxygen atoms in total. The molecule has 0 saturated heterocycles. The molecule has 3 aromatic rings. The molecule has 0 fully saturated rings. The summed E-state index contributed by atoms with van der Waals surface area (Å²) in [5.41, 5.74) is 1.05. The Bertz CT molecular complexity index is 721. The second-order valence-electron chi connectivity index (χ2n) is 4.31. The lowest BCUT2D eigenvalue weighted by molar-refractivity contribution is 1.11. The van der Waals surface area contributed by atoms with Gasteiger partial charge in [-0.05, 0) is 37.3 Å². The fraction of sp³-hybridized carbons (Fsp3) is 0.143. The molecule has 1 aromatic carbocycles. The minimum Gasteiger partial charge on any atom is -0.329 e. The second kappa shape index (κ2) is 4.79. The smallest absolute Gasteiger partial charge is 0.144 e. The molecule has 5 heteroatoms. The van der Waals surface area contributed by atoms with Gasteiger partial charge in [0, 0.05) is 22.6 Å². The molecule has 2 aromatic heterocycles. The Morgan fingerprint density at radius 1 is 1.16 bits per heavy atom. The monoisotopic (exact) mass is 289 g/mol. The first kappa shape index (κ1) is 12.4. The van der Waals surface area contributed by atoms with Gasteiger partial charge in [0.25, 0.3) is 0 Å². The summed E-state index contributed by atoms with van der Waals surface area (Å²) in [6.45, 7) is 2.08. The van der Waals surface area contributed by atoms with Crippen molar-refractivity contribution >= 4 is 44.7 Å². The van der Waals surface area contributed by atoms with Crippen LogP contribution in [0.1, 0.15) is 4.88 Å². The van der Waals surface area contributed by atoms with Crippen LogP contribution in [0.25, 0.3) is 10.2 Å². The number of anilines is 2. The number of thiophene rings is 1. The Morgan fingerprint density at radius 2 is 1.89 bits per heavy atom. The summed E-state index contributed by atoms with van der Waals surface area (Å²) < 4.78 is 0. The van der Waals surface area contributed by atoms with E-state index in [0.717, 1.165) is 26.7 Å². The van der Waals surface area contributed by atoms with Gasteiger partial charge in [-0.3, -0.25) is 0 Å². The van der Waals surface area contributed by atoms with E-state index >= 15 is 0 Å². The quantitative estimate of drug-likeness (QED) is 0.699. The summed E-state index contributed by atoms with van der Waals surface area (Å²) >= 11 is 7.60. The molecule has 0 atom stereocenters. The molecule has 0 amide bonds. The molecule has 0 aliphatic rings. The molecule has 0 aliphatic heterocycles. The normalized spacial score (nSPS) is 10.9. The molecule has 0 N–H and O–H groups in total. The lowest BCUT2D eigenvalue weighted by atomic mass is 10.2. The van der Waals surface area contributed by atoms with Crippen LogP contribution in [0.3, 0.4) is 0 Å². The van der Waals surface area contributed by atoms with E-state index < -0.39 is 0 Å². The standard InChI is InChI=1S/C14H12ClN3S/c1-9-7-12-13(16-8-17-14(12)19-9)18(2)11-5-3-10(15)4-6-11/h3-8H,1-2H3.